The number of hydrogen-bond donors (Lipinski definition) is 1. The van der Waals surface area contributed by atoms with E-state index in [-0.39, 0.29) is 6.54 Å². The first-order valence-electron chi connectivity index (χ1n) is 7.11. The highest BCUT2D eigenvalue weighted by atomic mass is 79.9. The van der Waals surface area contributed by atoms with Crippen LogP contribution in [0, 0.1) is 0 Å². The van der Waals surface area contributed by atoms with Crippen LogP contribution in [0.1, 0.15) is 21.5 Å². The van der Waals surface area contributed by atoms with E-state index in [9.17, 15) is 22.8 Å². The van der Waals surface area contributed by atoms with E-state index in [2.05, 4.69) is 21.2 Å². The number of carbonyl (C=O) groups is 2. The number of carbonyl (C=O) groups excluding carboxylic acids is 2. The predicted octanol–water partition coefficient (Wildman–Crippen LogP) is 3.94. The van der Waals surface area contributed by atoms with Crippen molar-refractivity contribution >= 4 is 27.8 Å². The van der Waals surface area contributed by atoms with Crippen LogP contribution in [-0.4, -0.2) is 18.5 Å². The molecular weight excluding hydrogens is 403 g/mol. The Kier molecular flexibility index (Phi) is 6.19. The van der Waals surface area contributed by atoms with Gasteiger partial charge in [-0.2, -0.15) is 13.2 Å². The van der Waals surface area contributed by atoms with Gasteiger partial charge in [-0.05, 0) is 42.0 Å². The van der Waals surface area contributed by atoms with E-state index in [1.807, 2.05) is 0 Å². The van der Waals surface area contributed by atoms with Crippen molar-refractivity contribution in [2.75, 3.05) is 6.61 Å². The lowest BCUT2D eigenvalue weighted by Gasteiger charge is -2.09. The molecule has 4 nitrogen and oxygen atoms in total. The van der Waals surface area contributed by atoms with Gasteiger partial charge in [0, 0.05) is 11.0 Å². The first kappa shape index (κ1) is 19.0. The second kappa shape index (κ2) is 8.15. The largest absolute Gasteiger partial charge is 0.452 e. The molecule has 0 saturated carbocycles. The van der Waals surface area contributed by atoms with E-state index in [4.69, 9.17) is 4.74 Å². The second-order valence-electron chi connectivity index (χ2n) is 5.05. The number of halogens is 4. The summed E-state index contributed by atoms with van der Waals surface area (Å²) in [7, 11) is 0. The van der Waals surface area contributed by atoms with Crippen LogP contribution in [0.15, 0.2) is 53.0 Å². The maximum absolute atomic E-state index is 12.5. The zero-order valence-electron chi connectivity index (χ0n) is 12.8. The quantitative estimate of drug-likeness (QED) is 0.752. The van der Waals surface area contributed by atoms with Crippen LogP contribution in [0.5, 0.6) is 0 Å². The number of nitrogens with one attached hydrogen (secondary N) is 1. The minimum absolute atomic E-state index is 0.0345. The van der Waals surface area contributed by atoms with Crippen molar-refractivity contribution in [3.8, 4) is 0 Å². The van der Waals surface area contributed by atoms with Crippen LogP contribution in [0.25, 0.3) is 0 Å². The van der Waals surface area contributed by atoms with Crippen molar-refractivity contribution in [2.24, 2.45) is 0 Å². The van der Waals surface area contributed by atoms with E-state index >= 15 is 0 Å². The molecule has 2 rings (SSSR count). The Hall–Kier alpha value is -2.35. The number of ether oxygens (including phenoxy) is 1. The normalized spacial score (nSPS) is 11.0. The van der Waals surface area contributed by atoms with Crippen LogP contribution >= 0.6 is 15.9 Å². The summed E-state index contributed by atoms with van der Waals surface area (Å²) in [4.78, 5) is 23.4. The molecule has 0 aliphatic heterocycles. The highest BCUT2D eigenvalue weighted by molar-refractivity contribution is 9.10. The Balaban J connectivity index is 1.79. The van der Waals surface area contributed by atoms with Crippen molar-refractivity contribution in [2.45, 2.75) is 12.7 Å². The molecular formula is C17H13BrF3NO3. The molecule has 0 saturated heterocycles. The van der Waals surface area contributed by atoms with Crippen molar-refractivity contribution in [1.29, 1.82) is 0 Å². The van der Waals surface area contributed by atoms with Gasteiger partial charge in [0.25, 0.3) is 5.91 Å². The lowest BCUT2D eigenvalue weighted by Crippen LogP contribution is -2.28. The number of rotatable bonds is 5. The van der Waals surface area contributed by atoms with E-state index in [0.29, 0.717) is 11.1 Å². The Bertz CT molecular complexity index is 743. The number of amides is 1. The van der Waals surface area contributed by atoms with Gasteiger partial charge in [-0.1, -0.05) is 28.1 Å². The molecule has 0 heterocycles. The molecule has 0 radical (unpaired) electrons. The summed E-state index contributed by atoms with van der Waals surface area (Å²) in [5.41, 5.74) is 0.0466. The fraction of sp³-hybridized carbons (Fsp3) is 0.176. The summed E-state index contributed by atoms with van der Waals surface area (Å²) in [6.07, 6.45) is -4.40. The highest BCUT2D eigenvalue weighted by Crippen LogP contribution is 2.29. The molecule has 2 aromatic rings. The van der Waals surface area contributed by atoms with Crippen molar-refractivity contribution in [3.05, 3.63) is 69.7 Å². The van der Waals surface area contributed by atoms with Crippen LogP contribution in [0.2, 0.25) is 0 Å². The molecule has 0 aromatic heterocycles. The summed E-state index contributed by atoms with van der Waals surface area (Å²) in [6, 6.07) is 10.9. The average Bonchev–Trinajstić information content (AvgIpc) is 2.58. The van der Waals surface area contributed by atoms with Gasteiger partial charge in [-0.3, -0.25) is 4.79 Å². The molecule has 25 heavy (non-hydrogen) atoms. The van der Waals surface area contributed by atoms with Gasteiger partial charge in [0.15, 0.2) is 6.61 Å². The Morgan fingerprint density at radius 2 is 1.60 bits per heavy atom. The standard InChI is InChI=1S/C17H13BrF3NO3/c18-14-7-3-12(4-8-14)16(24)25-10-15(23)22-9-11-1-5-13(6-2-11)17(19,20)21/h1-8H,9-10H2,(H,22,23). The molecule has 0 unspecified atom stereocenters. The van der Waals surface area contributed by atoms with Crippen molar-refractivity contribution in [1.82, 2.24) is 5.32 Å². The summed E-state index contributed by atoms with van der Waals surface area (Å²) in [5, 5.41) is 2.47. The zero-order valence-corrected chi connectivity index (χ0v) is 14.4. The highest BCUT2D eigenvalue weighted by Gasteiger charge is 2.29. The SMILES string of the molecule is O=C(COC(=O)c1ccc(Br)cc1)NCc1ccc(C(F)(F)F)cc1. The topological polar surface area (TPSA) is 55.4 Å². The molecule has 0 aliphatic rings. The molecule has 0 bridgehead atoms. The van der Waals surface area contributed by atoms with Crippen LogP contribution in [-0.2, 0) is 22.3 Å². The third-order valence-electron chi connectivity index (χ3n) is 3.19. The number of benzene rings is 2. The van der Waals surface area contributed by atoms with E-state index in [1.165, 1.54) is 12.1 Å². The van der Waals surface area contributed by atoms with Crippen molar-refractivity contribution < 1.29 is 27.5 Å². The molecule has 0 spiro atoms. The van der Waals surface area contributed by atoms with Crippen LogP contribution in [0.4, 0.5) is 13.2 Å². The van der Waals surface area contributed by atoms with Gasteiger partial charge in [0.1, 0.15) is 0 Å². The first-order chi connectivity index (χ1) is 11.8. The molecule has 0 atom stereocenters. The van der Waals surface area contributed by atoms with Gasteiger partial charge in [-0.15, -0.1) is 0 Å². The van der Waals surface area contributed by atoms with Gasteiger partial charge in [-0.25, -0.2) is 4.79 Å². The Morgan fingerprint density at radius 1 is 1.00 bits per heavy atom. The Morgan fingerprint density at radius 3 is 2.16 bits per heavy atom. The van der Waals surface area contributed by atoms with E-state index in [0.717, 1.165) is 16.6 Å². The maximum Gasteiger partial charge on any atom is 0.416 e. The molecule has 0 fully saturated rings. The maximum atomic E-state index is 12.5. The minimum atomic E-state index is -4.40. The molecule has 8 heteroatoms. The molecule has 2 aromatic carbocycles. The first-order valence-corrected chi connectivity index (χ1v) is 7.90. The van der Waals surface area contributed by atoms with Crippen LogP contribution < -0.4 is 5.32 Å². The van der Waals surface area contributed by atoms with Gasteiger partial charge < -0.3 is 10.1 Å². The monoisotopic (exact) mass is 415 g/mol. The number of alkyl halides is 3. The smallest absolute Gasteiger partial charge is 0.416 e. The van der Waals surface area contributed by atoms with Crippen molar-refractivity contribution in [3.63, 3.8) is 0 Å². The Labute approximate surface area is 150 Å². The third kappa shape index (κ3) is 5.90. The van der Waals surface area contributed by atoms with E-state index < -0.39 is 30.2 Å². The molecule has 0 aliphatic carbocycles. The average molecular weight is 416 g/mol. The molecule has 1 amide bonds. The molecule has 1 N–H and O–H groups in total. The molecule has 132 valence electrons. The van der Waals surface area contributed by atoms with Gasteiger partial charge in [0.2, 0.25) is 0 Å². The summed E-state index contributed by atoms with van der Waals surface area (Å²) in [5.74, 6) is -1.19. The van der Waals surface area contributed by atoms with Crippen LogP contribution in [0.3, 0.4) is 0 Å². The fourth-order valence-corrected chi connectivity index (χ4v) is 2.13. The predicted molar refractivity (Wildman–Crippen MR) is 87.7 cm³/mol. The summed E-state index contributed by atoms with van der Waals surface area (Å²) < 4.78 is 43.0. The lowest BCUT2D eigenvalue weighted by atomic mass is 10.1. The van der Waals surface area contributed by atoms with Gasteiger partial charge >= 0.3 is 12.1 Å². The summed E-state index contributed by atoms with van der Waals surface area (Å²) >= 11 is 3.24. The van der Waals surface area contributed by atoms with Gasteiger partial charge in [0.05, 0.1) is 11.1 Å². The zero-order chi connectivity index (χ0) is 18.4. The number of hydrogen-bond acceptors (Lipinski definition) is 3. The summed E-state index contributed by atoms with van der Waals surface area (Å²) in [6.45, 7) is -0.442. The second-order valence-corrected chi connectivity index (χ2v) is 5.97. The number of esters is 1. The minimum Gasteiger partial charge on any atom is -0.452 e. The third-order valence-corrected chi connectivity index (χ3v) is 3.71. The fourth-order valence-electron chi connectivity index (χ4n) is 1.86. The lowest BCUT2D eigenvalue weighted by molar-refractivity contribution is -0.137. The van der Waals surface area contributed by atoms with E-state index in [1.54, 1.807) is 24.3 Å².